The summed E-state index contributed by atoms with van der Waals surface area (Å²) in [6.45, 7) is 5.15. The zero-order chi connectivity index (χ0) is 26.2. The van der Waals surface area contributed by atoms with Crippen molar-refractivity contribution in [3.05, 3.63) is 65.2 Å². The molecular weight excluding hydrogens is 488 g/mol. The number of methoxy groups -OCH3 is 1. The number of hydrogen-bond donors (Lipinski definition) is 2. The largest absolute Gasteiger partial charge is 0.497 e. The predicted octanol–water partition coefficient (Wildman–Crippen LogP) is 3.45. The average molecular weight is 521 g/mol. The van der Waals surface area contributed by atoms with Gasteiger partial charge in [-0.15, -0.1) is 22.0 Å². The van der Waals surface area contributed by atoms with Gasteiger partial charge in [0, 0.05) is 48.2 Å². The maximum Gasteiger partial charge on any atom is 0.220 e. The van der Waals surface area contributed by atoms with Crippen LogP contribution in [0.25, 0.3) is 5.69 Å². The van der Waals surface area contributed by atoms with E-state index in [0.29, 0.717) is 31.8 Å². The number of carbonyl (C=O) groups is 2. The van der Waals surface area contributed by atoms with Crippen molar-refractivity contribution < 1.29 is 14.3 Å². The van der Waals surface area contributed by atoms with Crippen molar-refractivity contribution in [2.45, 2.75) is 44.6 Å². The van der Waals surface area contributed by atoms with Crippen molar-refractivity contribution in [3.8, 4) is 11.4 Å². The fourth-order valence-corrected chi connectivity index (χ4v) is 4.98. The van der Waals surface area contributed by atoms with E-state index in [2.05, 4.69) is 45.1 Å². The molecule has 2 N–H and O–H groups in total. The molecule has 0 aliphatic carbocycles. The van der Waals surface area contributed by atoms with E-state index in [1.807, 2.05) is 29.7 Å². The van der Waals surface area contributed by atoms with Gasteiger partial charge in [0.15, 0.2) is 5.82 Å². The Kier molecular flexibility index (Phi) is 8.95. The Morgan fingerprint density at radius 2 is 1.81 bits per heavy atom. The molecule has 0 saturated carbocycles. The standard InChI is InChI=1S/C27H32N6O3S/c1-18-31-32-25-17-30-27(23-16-21(36-3)8-11-24(23)33(18)25)20-6-9-22(10-7-20)37-15-12-26(35)29-14-5-4-13-28-19(2)34/h6-11,16H,4-5,12-15,17H2,1-3H3,(H,28,34)(H,29,35). The molecule has 2 heterocycles. The second kappa shape index (κ2) is 12.5. The molecule has 9 nitrogen and oxygen atoms in total. The van der Waals surface area contributed by atoms with Gasteiger partial charge < -0.3 is 15.4 Å². The number of unbranched alkanes of at least 4 members (excludes halogenated alkanes) is 1. The summed E-state index contributed by atoms with van der Waals surface area (Å²) in [4.78, 5) is 28.9. The molecule has 2 amide bonds. The molecule has 37 heavy (non-hydrogen) atoms. The van der Waals surface area contributed by atoms with Crippen LogP contribution in [0.15, 0.2) is 52.4 Å². The van der Waals surface area contributed by atoms with Crippen molar-refractivity contribution in [3.63, 3.8) is 0 Å². The Labute approximate surface area is 221 Å². The molecule has 0 unspecified atom stereocenters. The van der Waals surface area contributed by atoms with Crippen LogP contribution in [0.2, 0.25) is 0 Å². The number of aliphatic imine (C=N–C) groups is 1. The first kappa shape index (κ1) is 26.4. The van der Waals surface area contributed by atoms with Crippen LogP contribution in [0.1, 0.15) is 49.0 Å². The number of nitrogens with one attached hydrogen (secondary N) is 2. The number of thioether (sulfide) groups is 1. The van der Waals surface area contributed by atoms with Crippen LogP contribution in [0, 0.1) is 6.92 Å². The highest BCUT2D eigenvalue weighted by atomic mass is 32.2. The second-order valence-corrected chi connectivity index (χ2v) is 9.88. The Morgan fingerprint density at radius 3 is 2.54 bits per heavy atom. The second-order valence-electron chi connectivity index (χ2n) is 8.71. The molecule has 0 bridgehead atoms. The molecule has 0 radical (unpaired) electrons. The SMILES string of the molecule is COc1ccc2c(c1)C(c1ccc(SCCC(=O)NCCCCNC(C)=O)cc1)=NCc1nnc(C)n1-2. The summed E-state index contributed by atoms with van der Waals surface area (Å²) in [7, 11) is 1.66. The van der Waals surface area contributed by atoms with Gasteiger partial charge in [-0.1, -0.05) is 12.1 Å². The number of aryl methyl sites for hydroxylation is 1. The third kappa shape index (κ3) is 6.76. The van der Waals surface area contributed by atoms with Crippen LogP contribution in [0.5, 0.6) is 5.75 Å². The van der Waals surface area contributed by atoms with Crippen LogP contribution in [-0.2, 0) is 16.1 Å². The zero-order valence-electron chi connectivity index (χ0n) is 21.4. The topological polar surface area (TPSA) is 110 Å². The number of benzene rings is 2. The zero-order valence-corrected chi connectivity index (χ0v) is 22.2. The molecule has 10 heteroatoms. The summed E-state index contributed by atoms with van der Waals surface area (Å²) < 4.78 is 7.54. The normalized spacial score (nSPS) is 12.1. The Morgan fingerprint density at radius 1 is 1.05 bits per heavy atom. The van der Waals surface area contributed by atoms with E-state index in [0.717, 1.165) is 57.7 Å². The molecule has 1 aliphatic rings. The smallest absolute Gasteiger partial charge is 0.220 e. The van der Waals surface area contributed by atoms with Gasteiger partial charge in [0.1, 0.15) is 18.1 Å². The van der Waals surface area contributed by atoms with E-state index in [-0.39, 0.29) is 11.8 Å². The third-order valence-corrected chi connectivity index (χ3v) is 7.01. The van der Waals surface area contributed by atoms with E-state index in [9.17, 15) is 9.59 Å². The predicted molar refractivity (Wildman–Crippen MR) is 145 cm³/mol. The van der Waals surface area contributed by atoms with Gasteiger partial charge in [-0.2, -0.15) is 0 Å². The summed E-state index contributed by atoms with van der Waals surface area (Å²) in [5.41, 5.74) is 3.84. The molecule has 0 atom stereocenters. The number of hydrogen-bond acceptors (Lipinski definition) is 7. The fraction of sp³-hybridized carbons (Fsp3) is 0.370. The van der Waals surface area contributed by atoms with Gasteiger partial charge in [0.2, 0.25) is 11.8 Å². The molecule has 0 saturated heterocycles. The van der Waals surface area contributed by atoms with E-state index >= 15 is 0 Å². The van der Waals surface area contributed by atoms with E-state index < -0.39 is 0 Å². The third-order valence-electron chi connectivity index (χ3n) is 6.00. The molecule has 1 aliphatic heterocycles. The number of amides is 2. The fourth-order valence-electron chi connectivity index (χ4n) is 4.13. The lowest BCUT2D eigenvalue weighted by atomic mass is 10.00. The van der Waals surface area contributed by atoms with Gasteiger partial charge in [-0.3, -0.25) is 19.1 Å². The van der Waals surface area contributed by atoms with Crippen LogP contribution < -0.4 is 15.4 Å². The average Bonchev–Trinajstić information content (AvgIpc) is 3.17. The number of carbonyl (C=O) groups excluding carboxylic acids is 2. The lowest BCUT2D eigenvalue weighted by Crippen LogP contribution is -2.26. The maximum absolute atomic E-state index is 12.1. The van der Waals surface area contributed by atoms with Crippen molar-refractivity contribution in [2.24, 2.45) is 4.99 Å². The van der Waals surface area contributed by atoms with Crippen molar-refractivity contribution in [2.75, 3.05) is 26.0 Å². The summed E-state index contributed by atoms with van der Waals surface area (Å²) in [6, 6.07) is 14.2. The first-order chi connectivity index (χ1) is 18.0. The first-order valence-corrected chi connectivity index (χ1v) is 13.3. The van der Waals surface area contributed by atoms with E-state index in [1.165, 1.54) is 6.92 Å². The maximum atomic E-state index is 12.1. The minimum Gasteiger partial charge on any atom is -0.497 e. The molecular formula is C27H32N6O3S. The van der Waals surface area contributed by atoms with E-state index in [1.54, 1.807) is 18.9 Å². The first-order valence-electron chi connectivity index (χ1n) is 12.3. The molecule has 1 aromatic heterocycles. The van der Waals surface area contributed by atoms with Crippen LogP contribution in [0.3, 0.4) is 0 Å². The number of fused-ring (bicyclic) bond motifs is 3. The highest BCUT2D eigenvalue weighted by molar-refractivity contribution is 7.99. The summed E-state index contributed by atoms with van der Waals surface area (Å²) in [5, 5.41) is 14.2. The lowest BCUT2D eigenvalue weighted by molar-refractivity contribution is -0.121. The van der Waals surface area contributed by atoms with Crippen molar-refractivity contribution >= 4 is 29.3 Å². The number of ether oxygens (including phenoxy) is 1. The van der Waals surface area contributed by atoms with Crippen LogP contribution in [-0.4, -0.2) is 58.2 Å². The molecule has 2 aromatic carbocycles. The van der Waals surface area contributed by atoms with Gasteiger partial charge >= 0.3 is 0 Å². The highest BCUT2D eigenvalue weighted by Gasteiger charge is 2.22. The van der Waals surface area contributed by atoms with Gasteiger partial charge in [-0.05, 0) is 50.1 Å². The van der Waals surface area contributed by atoms with Gasteiger partial charge in [0.25, 0.3) is 0 Å². The monoisotopic (exact) mass is 520 g/mol. The molecule has 4 rings (SSSR count). The Bertz CT molecular complexity index is 1290. The van der Waals surface area contributed by atoms with E-state index in [4.69, 9.17) is 9.73 Å². The minimum atomic E-state index is -0.0262. The Hall–Kier alpha value is -3.66. The van der Waals surface area contributed by atoms with Gasteiger partial charge in [-0.25, -0.2) is 0 Å². The minimum absolute atomic E-state index is 0.0262. The molecule has 194 valence electrons. The highest BCUT2D eigenvalue weighted by Crippen LogP contribution is 2.29. The van der Waals surface area contributed by atoms with Crippen LogP contribution in [0.4, 0.5) is 0 Å². The molecule has 3 aromatic rings. The molecule has 0 spiro atoms. The lowest BCUT2D eigenvalue weighted by Gasteiger charge is -2.14. The summed E-state index contributed by atoms with van der Waals surface area (Å²) in [6.07, 6.45) is 2.15. The number of rotatable bonds is 11. The molecule has 0 fully saturated rings. The summed E-state index contributed by atoms with van der Waals surface area (Å²) >= 11 is 1.65. The Balaban J connectivity index is 1.35. The van der Waals surface area contributed by atoms with Crippen molar-refractivity contribution in [1.82, 2.24) is 25.4 Å². The van der Waals surface area contributed by atoms with Gasteiger partial charge in [0.05, 0.1) is 18.5 Å². The quantitative estimate of drug-likeness (QED) is 0.296. The number of nitrogens with zero attached hydrogens (tertiary/aromatic N) is 4. The van der Waals surface area contributed by atoms with Crippen LogP contribution >= 0.6 is 11.8 Å². The van der Waals surface area contributed by atoms with Crippen molar-refractivity contribution in [1.29, 1.82) is 0 Å². The number of aromatic nitrogens is 3. The summed E-state index contributed by atoms with van der Waals surface area (Å²) in [5.74, 6) is 3.10.